The molecule has 2 N–H and O–H groups in total. The van der Waals surface area contributed by atoms with Crippen molar-refractivity contribution in [1.29, 1.82) is 0 Å². The second-order valence-electron chi connectivity index (χ2n) is 13.3. The first-order valence-electron chi connectivity index (χ1n) is 18.1. The average molecular weight is 765 g/mol. The number of aromatic nitrogens is 2. The van der Waals surface area contributed by atoms with Crippen molar-refractivity contribution in [3.05, 3.63) is 143 Å². The first kappa shape index (κ1) is 41.0. The number of nitrogens with zero attached hydrogens (tertiary/aromatic N) is 2. The Kier molecular flexibility index (Phi) is 14.2. The highest BCUT2D eigenvalue weighted by Gasteiger charge is 2.36. The monoisotopic (exact) mass is 764 g/mol. The number of halogens is 2. The number of benzene rings is 4. The number of nitrogens with one attached hydrogen (secondary N) is 2. The quantitative estimate of drug-likeness (QED) is 0.112. The number of hydrogen-bond donors (Lipinski definition) is 2. The van der Waals surface area contributed by atoms with Gasteiger partial charge in [0.05, 0.1) is 18.7 Å². The molecule has 2 aliphatic heterocycles. The Morgan fingerprint density at radius 3 is 1.75 bits per heavy atom. The average Bonchev–Trinajstić information content (AvgIpc) is 4.04. The fourth-order valence-corrected chi connectivity index (χ4v) is 6.96. The highest BCUT2D eigenvalue weighted by Crippen LogP contribution is 2.28. The minimum atomic E-state index is -0.558. The molecule has 4 aromatic carbocycles. The first-order valence-corrected chi connectivity index (χ1v) is 18.1. The zero-order valence-corrected chi connectivity index (χ0v) is 30.4. The van der Waals surface area contributed by atoms with Crippen molar-refractivity contribution in [1.82, 2.24) is 19.8 Å². The van der Waals surface area contributed by atoms with Gasteiger partial charge < -0.3 is 24.3 Å². The first-order chi connectivity index (χ1) is 26.8. The van der Waals surface area contributed by atoms with Crippen LogP contribution in [0.3, 0.4) is 0 Å². The number of likely N-dealkylation sites (tertiary alicyclic amines) is 2. The molecule has 292 valence electrons. The van der Waals surface area contributed by atoms with Gasteiger partial charge in [-0.2, -0.15) is 0 Å². The molecule has 2 unspecified atom stereocenters. The van der Waals surface area contributed by atoms with Gasteiger partial charge >= 0.3 is 6.09 Å². The maximum Gasteiger partial charge on any atom is 0.410 e. The number of Topliss-reactive ketones (excluding diaryl/α,β-unsaturated/α-hetero) is 2. The summed E-state index contributed by atoms with van der Waals surface area (Å²) in [6.45, 7) is 1.99. The summed E-state index contributed by atoms with van der Waals surface area (Å²) in [6.07, 6.45) is 6.27. The van der Waals surface area contributed by atoms with Crippen LogP contribution in [-0.2, 0) is 27.5 Å². The number of hydrogen-bond acceptors (Lipinski definition) is 6. The number of amides is 2. The van der Waals surface area contributed by atoms with E-state index in [2.05, 4.69) is 9.97 Å². The molecular formula is C44H46F2N4O6. The molecule has 0 bridgehead atoms. The van der Waals surface area contributed by atoms with E-state index in [1.807, 2.05) is 60.7 Å². The largest absolute Gasteiger partial charge is 0.445 e. The third-order valence-electron chi connectivity index (χ3n) is 9.70. The lowest BCUT2D eigenvalue weighted by Gasteiger charge is -2.23. The highest BCUT2D eigenvalue weighted by molar-refractivity contribution is 6.11. The van der Waals surface area contributed by atoms with Crippen molar-refractivity contribution >= 4 is 45.9 Å². The standard InChI is InChI=1S/C21H19FN2O3.C14H13FN2O2.C8H10O.CH4/c22-15-8-9-16-17(12-23-18(16)11-15)20(25)19-7-4-10-24(19)21(26)27-13-14-5-2-1-3-6-14;15-9-3-4-10-11(7-16-12(10)6-9)14(19)13-2-1-5-17(13)8-18;1-9-7-8-5-3-2-4-6-8;/h1-3,5-6,8-9,11-12,19,23H,4,7,10,13H2;3-4,6-8,13,16H,1-2,5H2;2-6H,7H2,1H3;1H4. The number of carbonyl (C=O) groups excluding carboxylic acids is 4. The number of carbonyl (C=O) groups is 4. The lowest BCUT2D eigenvalue weighted by atomic mass is 10.0. The smallest absolute Gasteiger partial charge is 0.410 e. The van der Waals surface area contributed by atoms with E-state index < -0.39 is 12.1 Å². The van der Waals surface area contributed by atoms with E-state index in [4.69, 9.17) is 9.47 Å². The molecule has 56 heavy (non-hydrogen) atoms. The zero-order valence-electron chi connectivity index (χ0n) is 30.4. The van der Waals surface area contributed by atoms with E-state index >= 15 is 0 Å². The number of ether oxygens (including phenoxy) is 2. The molecule has 10 nitrogen and oxygen atoms in total. The molecule has 2 aliphatic rings. The van der Waals surface area contributed by atoms with Crippen LogP contribution < -0.4 is 0 Å². The topological polar surface area (TPSA) is 125 Å². The van der Waals surface area contributed by atoms with Gasteiger partial charge in [-0.1, -0.05) is 68.1 Å². The predicted molar refractivity (Wildman–Crippen MR) is 211 cm³/mol. The minimum Gasteiger partial charge on any atom is -0.445 e. The van der Waals surface area contributed by atoms with Crippen LogP contribution in [0.15, 0.2) is 109 Å². The minimum absolute atomic E-state index is 0. The zero-order chi connectivity index (χ0) is 38.7. The Morgan fingerprint density at radius 2 is 1.21 bits per heavy atom. The van der Waals surface area contributed by atoms with Crippen molar-refractivity contribution in [3.8, 4) is 0 Å². The predicted octanol–water partition coefficient (Wildman–Crippen LogP) is 8.87. The van der Waals surface area contributed by atoms with E-state index in [9.17, 15) is 28.0 Å². The van der Waals surface area contributed by atoms with E-state index in [1.165, 1.54) is 39.6 Å². The van der Waals surface area contributed by atoms with Gasteiger partial charge in [0.25, 0.3) is 0 Å². The molecule has 2 amide bonds. The van der Waals surface area contributed by atoms with Gasteiger partial charge in [0.15, 0.2) is 11.6 Å². The summed E-state index contributed by atoms with van der Waals surface area (Å²) in [4.78, 5) is 57.8. The summed E-state index contributed by atoms with van der Waals surface area (Å²) in [5.74, 6) is -0.941. The Balaban J connectivity index is 0.000000179. The van der Waals surface area contributed by atoms with Crippen molar-refractivity contribution in [3.63, 3.8) is 0 Å². The van der Waals surface area contributed by atoms with Gasteiger partial charge in [-0.3, -0.25) is 19.3 Å². The molecule has 4 heterocycles. The van der Waals surface area contributed by atoms with E-state index in [1.54, 1.807) is 31.6 Å². The molecule has 2 saturated heterocycles. The molecule has 2 aromatic heterocycles. The second kappa shape index (κ2) is 19.4. The summed E-state index contributed by atoms with van der Waals surface area (Å²) in [5.41, 5.74) is 4.27. The summed E-state index contributed by atoms with van der Waals surface area (Å²) < 4.78 is 36.8. The number of methoxy groups -OCH3 is 1. The van der Waals surface area contributed by atoms with Crippen molar-refractivity contribution < 1.29 is 37.4 Å². The lowest BCUT2D eigenvalue weighted by Crippen LogP contribution is -2.40. The molecule has 2 atom stereocenters. The fraction of sp³-hybridized carbons (Fsp3) is 0.273. The van der Waals surface area contributed by atoms with Gasteiger partial charge in [-0.25, -0.2) is 13.6 Å². The SMILES string of the molecule is C.COCc1ccccc1.O=C(c1c[nH]c2cc(F)ccc12)C1CCCN1C(=O)OCc1ccccc1.O=CN1CCCC1C(=O)c1c[nH]c2cc(F)ccc12. The molecule has 2 fully saturated rings. The Morgan fingerprint density at radius 1 is 0.714 bits per heavy atom. The third-order valence-corrected chi connectivity index (χ3v) is 9.70. The van der Waals surface area contributed by atoms with E-state index in [0.717, 1.165) is 24.8 Å². The number of fused-ring (bicyclic) bond motifs is 2. The molecular weight excluding hydrogens is 719 g/mol. The molecule has 6 aromatic rings. The Labute approximate surface area is 324 Å². The summed E-state index contributed by atoms with van der Waals surface area (Å²) >= 11 is 0. The summed E-state index contributed by atoms with van der Waals surface area (Å²) in [7, 11) is 1.70. The van der Waals surface area contributed by atoms with Crippen molar-refractivity contribution in [2.45, 2.75) is 58.4 Å². The third kappa shape index (κ3) is 9.74. The summed E-state index contributed by atoms with van der Waals surface area (Å²) in [5, 5.41) is 1.36. The highest BCUT2D eigenvalue weighted by atomic mass is 19.1. The van der Waals surface area contributed by atoms with Crippen LogP contribution in [-0.4, -0.2) is 76.1 Å². The lowest BCUT2D eigenvalue weighted by molar-refractivity contribution is -0.118. The molecule has 0 saturated carbocycles. The summed E-state index contributed by atoms with van der Waals surface area (Å²) in [6, 6.07) is 27.1. The normalized spacial score (nSPS) is 16.0. The number of rotatable bonds is 9. The van der Waals surface area contributed by atoms with Crippen LogP contribution in [0.5, 0.6) is 0 Å². The van der Waals surface area contributed by atoms with Crippen molar-refractivity contribution in [2.75, 3.05) is 20.2 Å². The van der Waals surface area contributed by atoms with E-state index in [0.29, 0.717) is 65.5 Å². The molecule has 0 aliphatic carbocycles. The van der Waals surface area contributed by atoms with Crippen LogP contribution in [0.2, 0.25) is 0 Å². The Bertz CT molecular complexity index is 2240. The van der Waals surface area contributed by atoms with Gasteiger partial charge in [0, 0.05) is 65.5 Å². The van der Waals surface area contributed by atoms with Crippen LogP contribution in [0.1, 0.15) is 65.0 Å². The van der Waals surface area contributed by atoms with Crippen LogP contribution >= 0.6 is 0 Å². The van der Waals surface area contributed by atoms with Gasteiger partial charge in [0.1, 0.15) is 18.2 Å². The van der Waals surface area contributed by atoms with E-state index in [-0.39, 0.29) is 43.3 Å². The van der Waals surface area contributed by atoms with Crippen molar-refractivity contribution in [2.24, 2.45) is 0 Å². The van der Waals surface area contributed by atoms with Crippen LogP contribution in [0.25, 0.3) is 21.8 Å². The molecule has 0 radical (unpaired) electrons. The second-order valence-corrected chi connectivity index (χ2v) is 13.3. The van der Waals surface area contributed by atoms with Gasteiger partial charge in [-0.15, -0.1) is 0 Å². The number of ketones is 2. The number of H-pyrrole nitrogens is 2. The fourth-order valence-electron chi connectivity index (χ4n) is 6.96. The van der Waals surface area contributed by atoms with Crippen LogP contribution in [0.4, 0.5) is 13.6 Å². The van der Waals surface area contributed by atoms with Gasteiger partial charge in [0.2, 0.25) is 6.41 Å². The van der Waals surface area contributed by atoms with Crippen LogP contribution in [0, 0.1) is 11.6 Å². The molecule has 8 rings (SSSR count). The Hall–Kier alpha value is -6.14. The molecule has 0 spiro atoms. The molecule has 12 heteroatoms. The maximum atomic E-state index is 13.4. The van der Waals surface area contributed by atoms with Gasteiger partial charge in [-0.05, 0) is 73.2 Å². The maximum absolute atomic E-state index is 13.4. The number of aromatic amines is 2.